The van der Waals surface area contributed by atoms with Gasteiger partial charge >= 0.3 is 5.97 Å². The van der Waals surface area contributed by atoms with Crippen molar-refractivity contribution in [1.82, 2.24) is 0 Å². The first-order valence-corrected chi connectivity index (χ1v) is 11.7. The lowest BCUT2D eigenvalue weighted by Gasteiger charge is -2.19. The van der Waals surface area contributed by atoms with E-state index in [0.29, 0.717) is 12.1 Å². The Kier molecular flexibility index (Phi) is 7.29. The van der Waals surface area contributed by atoms with E-state index in [1.807, 2.05) is 25.1 Å². The molecule has 0 spiro atoms. The molecule has 0 aromatic heterocycles. The van der Waals surface area contributed by atoms with E-state index in [4.69, 9.17) is 9.88 Å². The van der Waals surface area contributed by atoms with Gasteiger partial charge in [-0.1, -0.05) is 12.1 Å². The second-order valence-corrected chi connectivity index (χ2v) is 9.15. The molecule has 8 nitrogen and oxygen atoms in total. The van der Waals surface area contributed by atoms with Crippen LogP contribution in [0.25, 0.3) is 0 Å². The highest BCUT2D eigenvalue weighted by molar-refractivity contribution is 7.89. The highest BCUT2D eigenvalue weighted by Gasteiger charge is 2.14. The molecule has 1 aliphatic heterocycles. The summed E-state index contributed by atoms with van der Waals surface area (Å²) in [7, 11) is -3.74. The zero-order valence-electron chi connectivity index (χ0n) is 17.5. The number of hydrogen-bond donors (Lipinski definition) is 2. The van der Waals surface area contributed by atoms with Crippen LogP contribution >= 0.6 is 0 Å². The Morgan fingerprint density at radius 1 is 1.10 bits per heavy atom. The van der Waals surface area contributed by atoms with Gasteiger partial charge in [0.25, 0.3) is 5.91 Å². The minimum absolute atomic E-state index is 0.0132. The summed E-state index contributed by atoms with van der Waals surface area (Å²) in [5, 5.41) is 7.83. The van der Waals surface area contributed by atoms with Crippen molar-refractivity contribution in [2.45, 2.75) is 37.5 Å². The molecule has 0 radical (unpaired) electrons. The van der Waals surface area contributed by atoms with Crippen LogP contribution in [0.4, 0.5) is 11.4 Å². The van der Waals surface area contributed by atoms with Gasteiger partial charge < -0.3 is 15.0 Å². The van der Waals surface area contributed by atoms with E-state index in [1.54, 1.807) is 12.1 Å². The van der Waals surface area contributed by atoms with Crippen molar-refractivity contribution < 1.29 is 22.7 Å². The Hall–Kier alpha value is -2.91. The summed E-state index contributed by atoms with van der Waals surface area (Å²) in [5.41, 5.74) is 3.56. The van der Waals surface area contributed by atoms with E-state index in [9.17, 15) is 18.0 Å². The fraction of sp³-hybridized carbons (Fsp3) is 0.364. The van der Waals surface area contributed by atoms with Gasteiger partial charge in [-0.3, -0.25) is 9.59 Å². The topological polar surface area (TPSA) is 119 Å². The van der Waals surface area contributed by atoms with Crippen molar-refractivity contribution in [2.24, 2.45) is 5.14 Å². The summed E-state index contributed by atoms with van der Waals surface area (Å²) < 4.78 is 27.5. The van der Waals surface area contributed by atoms with Gasteiger partial charge in [-0.15, -0.1) is 0 Å². The van der Waals surface area contributed by atoms with Crippen LogP contribution in [0, 0.1) is 6.92 Å². The van der Waals surface area contributed by atoms with Gasteiger partial charge in [0.15, 0.2) is 6.61 Å². The van der Waals surface area contributed by atoms with E-state index in [1.165, 1.54) is 25.0 Å². The zero-order valence-corrected chi connectivity index (χ0v) is 18.3. The lowest BCUT2D eigenvalue weighted by atomic mass is 10.1. The van der Waals surface area contributed by atoms with Crippen molar-refractivity contribution in [2.75, 3.05) is 29.9 Å². The maximum absolute atomic E-state index is 12.1. The number of carbonyl (C=O) groups excluding carboxylic acids is 2. The Morgan fingerprint density at radius 2 is 1.77 bits per heavy atom. The molecule has 31 heavy (non-hydrogen) atoms. The second kappa shape index (κ2) is 9.93. The molecule has 0 bridgehead atoms. The SMILES string of the molecule is Cc1cc(N2CCCC2)ccc1NC(=O)COC(=O)CCc1ccc(S(N)(=O)=O)cc1. The number of sulfonamides is 1. The average molecular weight is 446 g/mol. The summed E-state index contributed by atoms with van der Waals surface area (Å²) in [5.74, 6) is -0.908. The average Bonchev–Trinajstić information content (AvgIpc) is 3.27. The lowest BCUT2D eigenvalue weighted by Crippen LogP contribution is -2.22. The lowest BCUT2D eigenvalue weighted by molar-refractivity contribution is -0.147. The first kappa shape index (κ1) is 22.8. The molecule has 0 atom stereocenters. The highest BCUT2D eigenvalue weighted by atomic mass is 32.2. The van der Waals surface area contributed by atoms with E-state index in [0.717, 1.165) is 29.9 Å². The predicted molar refractivity (Wildman–Crippen MR) is 118 cm³/mol. The monoisotopic (exact) mass is 445 g/mol. The van der Waals surface area contributed by atoms with Gasteiger partial charge in [0.1, 0.15) is 0 Å². The van der Waals surface area contributed by atoms with Crippen molar-refractivity contribution in [1.29, 1.82) is 0 Å². The first-order valence-electron chi connectivity index (χ1n) is 10.2. The van der Waals surface area contributed by atoms with Crippen LogP contribution in [0.2, 0.25) is 0 Å². The molecular formula is C22H27N3O5S. The van der Waals surface area contributed by atoms with E-state index in [2.05, 4.69) is 10.2 Å². The molecule has 1 saturated heterocycles. The molecule has 2 aromatic rings. The number of primary sulfonamides is 1. The molecule has 1 fully saturated rings. The number of carbonyl (C=O) groups is 2. The van der Waals surface area contributed by atoms with Crippen molar-refractivity contribution in [3.8, 4) is 0 Å². The normalized spacial score (nSPS) is 13.8. The summed E-state index contributed by atoms with van der Waals surface area (Å²) in [4.78, 5) is 26.4. The molecule has 2 aromatic carbocycles. The molecule has 1 heterocycles. The van der Waals surface area contributed by atoms with Crippen molar-refractivity contribution in [3.05, 3.63) is 53.6 Å². The highest BCUT2D eigenvalue weighted by Crippen LogP contribution is 2.25. The fourth-order valence-corrected chi connectivity index (χ4v) is 3.97. The van der Waals surface area contributed by atoms with E-state index in [-0.39, 0.29) is 17.9 Å². The largest absolute Gasteiger partial charge is 0.456 e. The molecule has 0 unspecified atom stereocenters. The van der Waals surface area contributed by atoms with Crippen LogP contribution < -0.4 is 15.4 Å². The van der Waals surface area contributed by atoms with Crippen LogP contribution in [0.15, 0.2) is 47.4 Å². The summed E-state index contributed by atoms with van der Waals surface area (Å²) >= 11 is 0. The number of ether oxygens (including phenoxy) is 1. The third-order valence-electron chi connectivity index (χ3n) is 5.19. The molecular weight excluding hydrogens is 418 g/mol. The van der Waals surface area contributed by atoms with Gasteiger partial charge in [-0.05, 0) is 67.6 Å². The number of nitrogens with zero attached hydrogens (tertiary/aromatic N) is 1. The molecule has 3 rings (SSSR count). The van der Waals surface area contributed by atoms with Crippen LogP contribution in [-0.4, -0.2) is 40.0 Å². The maximum Gasteiger partial charge on any atom is 0.306 e. The maximum atomic E-state index is 12.1. The Balaban J connectivity index is 1.43. The summed E-state index contributed by atoms with van der Waals surface area (Å²) in [6, 6.07) is 11.9. The number of esters is 1. The zero-order chi connectivity index (χ0) is 22.4. The first-order chi connectivity index (χ1) is 14.7. The molecule has 1 aliphatic rings. The van der Waals surface area contributed by atoms with Crippen molar-refractivity contribution >= 4 is 33.3 Å². The van der Waals surface area contributed by atoms with Crippen molar-refractivity contribution in [3.63, 3.8) is 0 Å². The fourth-order valence-electron chi connectivity index (χ4n) is 3.46. The summed E-state index contributed by atoms with van der Waals surface area (Å²) in [6.07, 6.45) is 2.83. The second-order valence-electron chi connectivity index (χ2n) is 7.59. The summed E-state index contributed by atoms with van der Waals surface area (Å²) in [6.45, 7) is 3.67. The molecule has 9 heteroatoms. The van der Waals surface area contributed by atoms with E-state index < -0.39 is 21.9 Å². The number of anilines is 2. The van der Waals surface area contributed by atoms with Crippen LogP contribution in [0.1, 0.15) is 30.4 Å². The number of nitrogens with two attached hydrogens (primary N) is 1. The van der Waals surface area contributed by atoms with Gasteiger partial charge in [0, 0.05) is 30.9 Å². The molecule has 3 N–H and O–H groups in total. The quantitative estimate of drug-likeness (QED) is 0.602. The third kappa shape index (κ3) is 6.53. The minimum Gasteiger partial charge on any atom is -0.456 e. The van der Waals surface area contributed by atoms with E-state index >= 15 is 0 Å². The van der Waals surface area contributed by atoms with Gasteiger partial charge in [0.05, 0.1) is 4.90 Å². The standard InChI is InChI=1S/C22H27N3O5S/c1-16-14-18(25-12-2-3-13-25)7-10-20(16)24-21(26)15-30-22(27)11-6-17-4-8-19(9-5-17)31(23,28)29/h4-5,7-10,14H,2-3,6,11-13,15H2,1H3,(H,24,26)(H2,23,28,29). The predicted octanol–water partition coefficient (Wildman–Crippen LogP) is 2.36. The van der Waals surface area contributed by atoms with Crippen LogP contribution in [0.3, 0.4) is 0 Å². The van der Waals surface area contributed by atoms with Gasteiger partial charge in [-0.25, -0.2) is 13.6 Å². The number of benzene rings is 2. The Labute approximate surface area is 182 Å². The molecule has 166 valence electrons. The van der Waals surface area contributed by atoms with Crippen LogP contribution in [-0.2, 0) is 30.8 Å². The van der Waals surface area contributed by atoms with Crippen LogP contribution in [0.5, 0.6) is 0 Å². The smallest absolute Gasteiger partial charge is 0.306 e. The number of hydrogen-bond acceptors (Lipinski definition) is 6. The number of amides is 1. The Bertz CT molecular complexity index is 1050. The minimum atomic E-state index is -3.74. The molecule has 1 amide bonds. The van der Waals surface area contributed by atoms with Gasteiger partial charge in [0.2, 0.25) is 10.0 Å². The number of nitrogens with one attached hydrogen (secondary N) is 1. The number of aryl methyl sites for hydroxylation is 2. The molecule has 0 saturated carbocycles. The van der Waals surface area contributed by atoms with Gasteiger partial charge in [-0.2, -0.15) is 0 Å². The molecule has 0 aliphatic carbocycles. The number of rotatable bonds is 8. The Morgan fingerprint density at radius 3 is 2.39 bits per heavy atom. The third-order valence-corrected chi connectivity index (χ3v) is 6.12.